The van der Waals surface area contributed by atoms with Crippen molar-refractivity contribution in [3.8, 4) is 5.75 Å². The molecule has 212 valence electrons. The zero-order chi connectivity index (χ0) is 28.6. The quantitative estimate of drug-likeness (QED) is 0.335. The topological polar surface area (TPSA) is 140 Å². The number of primary amides is 1. The zero-order valence-corrected chi connectivity index (χ0v) is 23.0. The van der Waals surface area contributed by atoms with Crippen molar-refractivity contribution in [2.24, 2.45) is 17.6 Å². The zero-order valence-electron chi connectivity index (χ0n) is 23.0. The average Bonchev–Trinajstić information content (AvgIpc) is 2.86. The Bertz CT molecular complexity index is 1040. The molecular formula is C28H41FN2O7. The van der Waals surface area contributed by atoms with Gasteiger partial charge in [0.15, 0.2) is 11.9 Å². The summed E-state index contributed by atoms with van der Waals surface area (Å²) < 4.78 is 31.2. The first-order valence-electron chi connectivity index (χ1n) is 12.8. The van der Waals surface area contributed by atoms with E-state index in [9.17, 15) is 24.2 Å². The van der Waals surface area contributed by atoms with Crippen LogP contribution in [0.2, 0.25) is 0 Å². The number of fused-ring (bicyclic) bond motifs is 2. The van der Waals surface area contributed by atoms with Gasteiger partial charge in [0.05, 0.1) is 18.3 Å². The van der Waals surface area contributed by atoms with Crippen LogP contribution in [0, 0.1) is 17.7 Å². The molecule has 5 N–H and O–H groups in total. The molecular weight excluding hydrogens is 495 g/mol. The molecule has 9 nitrogen and oxygen atoms in total. The van der Waals surface area contributed by atoms with E-state index in [1.54, 1.807) is 19.9 Å². The fraction of sp³-hybridized carbons (Fsp3) is 0.571. The van der Waals surface area contributed by atoms with Crippen LogP contribution in [0.25, 0.3) is 0 Å². The van der Waals surface area contributed by atoms with E-state index in [-0.39, 0.29) is 23.3 Å². The van der Waals surface area contributed by atoms with Crippen LogP contribution in [0.15, 0.2) is 35.4 Å². The first kappa shape index (κ1) is 31.3. The lowest BCUT2D eigenvalue weighted by atomic mass is 9.88. The van der Waals surface area contributed by atoms with E-state index >= 15 is 0 Å². The predicted octanol–water partition coefficient (Wildman–Crippen LogP) is 4.22. The molecule has 1 heterocycles. The maximum absolute atomic E-state index is 14.6. The van der Waals surface area contributed by atoms with Crippen molar-refractivity contribution in [3.05, 3.63) is 46.8 Å². The Morgan fingerprint density at radius 1 is 1.16 bits per heavy atom. The van der Waals surface area contributed by atoms with Crippen LogP contribution < -0.4 is 11.1 Å². The summed E-state index contributed by atoms with van der Waals surface area (Å²) in [6.45, 7) is 7.12. The number of nitrogens with two attached hydrogens (primary N) is 1. The molecule has 2 bridgehead atoms. The van der Waals surface area contributed by atoms with E-state index < -0.39 is 42.2 Å². The highest BCUT2D eigenvalue weighted by Crippen LogP contribution is 2.34. The van der Waals surface area contributed by atoms with Crippen molar-refractivity contribution in [1.29, 1.82) is 0 Å². The molecule has 0 saturated carbocycles. The number of rotatable bonds is 3. The van der Waals surface area contributed by atoms with Crippen molar-refractivity contribution < 1.29 is 38.4 Å². The lowest BCUT2D eigenvalue weighted by Crippen LogP contribution is -2.37. The van der Waals surface area contributed by atoms with Gasteiger partial charge < -0.3 is 35.5 Å². The molecule has 2 amide bonds. The smallest absolute Gasteiger partial charge is 0.405 e. The van der Waals surface area contributed by atoms with Crippen LogP contribution in [0.5, 0.6) is 5.75 Å². The molecule has 0 unspecified atom stereocenters. The van der Waals surface area contributed by atoms with Crippen LogP contribution >= 0.6 is 0 Å². The number of phenolic OH excluding ortho intramolecular Hbond substituents is 1. The Morgan fingerprint density at radius 2 is 1.82 bits per heavy atom. The molecule has 0 spiro atoms. The van der Waals surface area contributed by atoms with E-state index in [1.165, 1.54) is 26.4 Å². The number of hydrogen-bond acceptors (Lipinski definition) is 7. The van der Waals surface area contributed by atoms with Gasteiger partial charge in [0, 0.05) is 25.7 Å². The summed E-state index contributed by atoms with van der Waals surface area (Å²) >= 11 is 0. The van der Waals surface area contributed by atoms with Gasteiger partial charge in [-0.05, 0) is 62.7 Å². The third-order valence-electron chi connectivity index (χ3n) is 6.99. The maximum atomic E-state index is 14.6. The Morgan fingerprint density at radius 3 is 2.42 bits per heavy atom. The second-order valence-electron chi connectivity index (χ2n) is 10.1. The molecule has 1 aromatic carbocycles. The number of ether oxygens (including phenoxy) is 3. The molecule has 2 rings (SSSR count). The highest BCUT2D eigenvalue weighted by molar-refractivity contribution is 6.04. The number of allylic oxidation sites excluding steroid dienone is 1. The number of methoxy groups -OCH3 is 2. The summed E-state index contributed by atoms with van der Waals surface area (Å²) in [6.07, 6.45) is 1.21. The number of phenols is 1. The highest BCUT2D eigenvalue weighted by Gasteiger charge is 2.30. The van der Waals surface area contributed by atoms with Gasteiger partial charge in [-0.15, -0.1) is 0 Å². The lowest BCUT2D eigenvalue weighted by Gasteiger charge is -2.30. The Hall–Kier alpha value is -2.95. The van der Waals surface area contributed by atoms with Gasteiger partial charge in [0.2, 0.25) is 0 Å². The number of nitrogens with one attached hydrogen (secondary N) is 1. The normalized spacial score (nSPS) is 30.9. The van der Waals surface area contributed by atoms with Crippen LogP contribution in [-0.4, -0.2) is 60.8 Å². The van der Waals surface area contributed by atoms with Gasteiger partial charge in [-0.25, -0.2) is 9.18 Å². The number of benzene rings is 1. The summed E-state index contributed by atoms with van der Waals surface area (Å²) in [7, 11) is 2.99. The number of hydrogen-bond donors (Lipinski definition) is 4. The second-order valence-corrected chi connectivity index (χ2v) is 10.1. The van der Waals surface area contributed by atoms with Crippen molar-refractivity contribution in [1.82, 2.24) is 0 Å². The first-order chi connectivity index (χ1) is 17.9. The van der Waals surface area contributed by atoms with E-state index in [0.29, 0.717) is 42.4 Å². The molecule has 10 heteroatoms. The highest BCUT2D eigenvalue weighted by atomic mass is 19.1. The molecule has 0 saturated heterocycles. The van der Waals surface area contributed by atoms with E-state index in [1.807, 2.05) is 19.9 Å². The van der Waals surface area contributed by atoms with Crippen LogP contribution in [0.1, 0.15) is 52.5 Å². The SMILES string of the molecule is CO[C@H]1C[C@H](C)Cc2ccc(F)c(c2O)NC(=O)/C(C)=C/CC[C@H](OC)[C@@H](OC(N)=O)/C(C)=C/[C@H](C)[C@H]1O. The van der Waals surface area contributed by atoms with Gasteiger partial charge >= 0.3 is 6.09 Å². The average molecular weight is 537 g/mol. The van der Waals surface area contributed by atoms with Gasteiger partial charge in [0.25, 0.3) is 5.91 Å². The molecule has 0 radical (unpaired) electrons. The number of amides is 2. The van der Waals surface area contributed by atoms with Crippen LogP contribution in [0.3, 0.4) is 0 Å². The number of aromatic hydroxyl groups is 1. The third kappa shape index (κ3) is 8.28. The van der Waals surface area contributed by atoms with E-state index in [2.05, 4.69) is 5.32 Å². The second kappa shape index (κ2) is 14.3. The number of aliphatic hydroxyl groups is 1. The van der Waals surface area contributed by atoms with Crippen molar-refractivity contribution in [2.75, 3.05) is 19.5 Å². The molecule has 0 fully saturated rings. The Kier molecular flexibility index (Phi) is 11.7. The minimum absolute atomic E-state index is 0.0701. The molecule has 0 aliphatic carbocycles. The number of carbonyl (C=O) groups is 2. The van der Waals surface area contributed by atoms with Gasteiger partial charge in [-0.2, -0.15) is 0 Å². The molecule has 0 aromatic heterocycles. The minimum Gasteiger partial charge on any atom is -0.505 e. The summed E-state index contributed by atoms with van der Waals surface area (Å²) in [5, 5.41) is 24.3. The fourth-order valence-corrected chi connectivity index (χ4v) is 4.82. The monoisotopic (exact) mass is 536 g/mol. The number of carbonyl (C=O) groups excluding carboxylic acids is 2. The van der Waals surface area contributed by atoms with Crippen LogP contribution in [0.4, 0.5) is 14.9 Å². The van der Waals surface area contributed by atoms with Gasteiger partial charge in [-0.3, -0.25) is 4.79 Å². The summed E-state index contributed by atoms with van der Waals surface area (Å²) in [6, 6.07) is 2.69. The van der Waals surface area contributed by atoms with E-state index in [0.717, 1.165) is 0 Å². The minimum atomic E-state index is -0.963. The molecule has 1 aliphatic heterocycles. The van der Waals surface area contributed by atoms with Crippen molar-refractivity contribution in [2.45, 2.75) is 77.8 Å². The predicted molar refractivity (Wildman–Crippen MR) is 142 cm³/mol. The fourth-order valence-electron chi connectivity index (χ4n) is 4.82. The van der Waals surface area contributed by atoms with Gasteiger partial charge in [0.1, 0.15) is 11.4 Å². The lowest BCUT2D eigenvalue weighted by molar-refractivity contribution is -0.112. The number of halogens is 1. The number of aliphatic hydroxyl groups excluding tert-OH is 1. The van der Waals surface area contributed by atoms with Crippen molar-refractivity contribution in [3.63, 3.8) is 0 Å². The van der Waals surface area contributed by atoms with Crippen LogP contribution in [-0.2, 0) is 25.4 Å². The molecule has 1 aliphatic rings. The first-order valence-corrected chi connectivity index (χ1v) is 12.8. The molecule has 38 heavy (non-hydrogen) atoms. The van der Waals surface area contributed by atoms with Crippen molar-refractivity contribution >= 4 is 17.7 Å². The summed E-state index contributed by atoms with van der Waals surface area (Å²) in [5.74, 6) is -2.09. The molecule has 1 aromatic rings. The third-order valence-corrected chi connectivity index (χ3v) is 6.99. The largest absolute Gasteiger partial charge is 0.505 e. The van der Waals surface area contributed by atoms with Gasteiger partial charge in [-0.1, -0.05) is 32.1 Å². The Balaban J connectivity index is 2.52. The summed E-state index contributed by atoms with van der Waals surface area (Å²) in [4.78, 5) is 24.4. The summed E-state index contributed by atoms with van der Waals surface area (Å²) in [5.41, 5.74) is 6.48. The van der Waals surface area contributed by atoms with E-state index in [4.69, 9.17) is 19.9 Å². The Labute approximate surface area is 223 Å². The maximum Gasteiger partial charge on any atom is 0.405 e. The molecule has 6 atom stereocenters. The number of anilines is 1. The standard InChI is InChI=1S/C28H41FN2O7/c1-15-12-19-10-11-20(29)23(25(19)33)31-27(34)16(2)8-7-9-21(36-5)26(38-28(30)35)18(4)14-17(3)24(32)22(13-15)37-6/h8,10-11,14-15,17,21-22,24,26,32-33H,7,9,12-13H2,1-6H3,(H2,30,35)(H,31,34)/b16-8+,18-14+/t15-,17+,21+,22+,24-,26+/m1/s1.